The SMILES string of the molecule is C=CC=CCC([O])=O. The second kappa shape index (κ2) is 4.12. The van der Waals surface area contributed by atoms with E-state index < -0.39 is 5.97 Å². The van der Waals surface area contributed by atoms with Gasteiger partial charge in [0.15, 0.2) is 0 Å². The summed E-state index contributed by atoms with van der Waals surface area (Å²) in [5.41, 5.74) is 0. The van der Waals surface area contributed by atoms with Crippen molar-refractivity contribution >= 4 is 5.97 Å². The topological polar surface area (TPSA) is 37.0 Å². The molecule has 0 saturated heterocycles. The summed E-state index contributed by atoms with van der Waals surface area (Å²) >= 11 is 0. The zero-order valence-corrected chi connectivity index (χ0v) is 4.46. The quantitative estimate of drug-likeness (QED) is 0.502. The number of carbonyl (C=O) groups is 1. The summed E-state index contributed by atoms with van der Waals surface area (Å²) in [6.07, 6.45) is 4.52. The molecule has 0 unspecified atom stereocenters. The third-order valence-electron chi connectivity index (χ3n) is 0.557. The Bertz CT molecular complexity index is 114. The van der Waals surface area contributed by atoms with Crippen LogP contribution < -0.4 is 0 Å². The van der Waals surface area contributed by atoms with E-state index in [1.54, 1.807) is 6.08 Å². The van der Waals surface area contributed by atoms with Gasteiger partial charge in [0.05, 0.1) is 6.42 Å². The third-order valence-corrected chi connectivity index (χ3v) is 0.557. The van der Waals surface area contributed by atoms with E-state index in [1.807, 2.05) is 0 Å². The maximum Gasteiger partial charge on any atom is 0.359 e. The lowest BCUT2D eigenvalue weighted by atomic mass is 10.4. The van der Waals surface area contributed by atoms with Gasteiger partial charge in [-0.2, -0.15) is 0 Å². The van der Waals surface area contributed by atoms with Crippen molar-refractivity contribution in [3.63, 3.8) is 0 Å². The van der Waals surface area contributed by atoms with E-state index in [2.05, 4.69) is 6.58 Å². The van der Waals surface area contributed by atoms with Gasteiger partial charge in [-0.25, -0.2) is 9.90 Å². The van der Waals surface area contributed by atoms with E-state index in [4.69, 9.17) is 0 Å². The van der Waals surface area contributed by atoms with Gasteiger partial charge in [0.25, 0.3) is 0 Å². The summed E-state index contributed by atoms with van der Waals surface area (Å²) in [4.78, 5) is 9.68. The Labute approximate surface area is 48.1 Å². The molecule has 0 spiro atoms. The van der Waals surface area contributed by atoms with Gasteiger partial charge in [0.2, 0.25) is 0 Å². The number of rotatable bonds is 3. The number of carbonyl (C=O) groups excluding carboxylic acids is 1. The smallest absolute Gasteiger partial charge is 0.247 e. The van der Waals surface area contributed by atoms with Crippen LogP contribution in [0, 0.1) is 0 Å². The second-order valence-electron chi connectivity index (χ2n) is 1.24. The van der Waals surface area contributed by atoms with Crippen LogP contribution in [0.25, 0.3) is 0 Å². The van der Waals surface area contributed by atoms with Crippen LogP contribution in [0.4, 0.5) is 0 Å². The molecule has 0 aromatic carbocycles. The molecule has 0 fully saturated rings. The Hall–Kier alpha value is -1.05. The van der Waals surface area contributed by atoms with Gasteiger partial charge in [-0.05, 0) is 0 Å². The molecule has 0 aliphatic carbocycles. The van der Waals surface area contributed by atoms with Crippen molar-refractivity contribution in [3.8, 4) is 0 Å². The fourth-order valence-electron chi connectivity index (χ4n) is 0.260. The molecule has 8 heavy (non-hydrogen) atoms. The third kappa shape index (κ3) is 4.95. The predicted octanol–water partition coefficient (Wildman–Crippen LogP) is 1.08. The Balaban J connectivity index is 3.29. The first-order valence-electron chi connectivity index (χ1n) is 2.24. The Morgan fingerprint density at radius 3 is 2.62 bits per heavy atom. The van der Waals surface area contributed by atoms with Crippen LogP contribution in [0.3, 0.4) is 0 Å². The molecule has 0 N–H and O–H groups in total. The van der Waals surface area contributed by atoms with Crippen LogP contribution in [0.15, 0.2) is 24.8 Å². The monoisotopic (exact) mass is 111 g/mol. The zero-order valence-electron chi connectivity index (χ0n) is 4.46. The van der Waals surface area contributed by atoms with Crippen LogP contribution in [-0.4, -0.2) is 5.97 Å². The van der Waals surface area contributed by atoms with Crippen LogP contribution in [-0.2, 0) is 9.90 Å². The van der Waals surface area contributed by atoms with Crippen molar-refractivity contribution in [3.05, 3.63) is 24.8 Å². The molecule has 0 aromatic heterocycles. The fraction of sp³-hybridized carbons (Fsp3) is 0.167. The highest BCUT2D eigenvalue weighted by Gasteiger charge is 1.90. The molecule has 2 nitrogen and oxygen atoms in total. The van der Waals surface area contributed by atoms with Crippen molar-refractivity contribution in [2.45, 2.75) is 6.42 Å². The molecule has 0 rings (SSSR count). The van der Waals surface area contributed by atoms with Crippen LogP contribution in [0.2, 0.25) is 0 Å². The first kappa shape index (κ1) is 6.95. The average Bonchev–Trinajstić information content (AvgIpc) is 1.66. The summed E-state index contributed by atoms with van der Waals surface area (Å²) in [5, 5.41) is 9.68. The summed E-state index contributed by atoms with van der Waals surface area (Å²) in [5.74, 6) is -1.07. The second-order valence-corrected chi connectivity index (χ2v) is 1.24. The number of hydrogen-bond donors (Lipinski definition) is 0. The molecule has 0 aromatic rings. The highest BCUT2D eigenvalue weighted by Crippen LogP contribution is 1.81. The molecular formula is C6H7O2. The molecule has 0 aliphatic heterocycles. The van der Waals surface area contributed by atoms with Gasteiger partial charge in [0, 0.05) is 0 Å². The van der Waals surface area contributed by atoms with Crippen LogP contribution in [0.5, 0.6) is 0 Å². The Morgan fingerprint density at radius 1 is 1.62 bits per heavy atom. The molecule has 0 atom stereocenters. The van der Waals surface area contributed by atoms with Gasteiger partial charge in [-0.15, -0.1) is 0 Å². The normalized spacial score (nSPS) is 9.50. The Morgan fingerprint density at radius 2 is 2.25 bits per heavy atom. The van der Waals surface area contributed by atoms with Gasteiger partial charge in [-0.1, -0.05) is 24.8 Å². The van der Waals surface area contributed by atoms with E-state index in [1.165, 1.54) is 12.2 Å². The minimum Gasteiger partial charge on any atom is -0.247 e. The van der Waals surface area contributed by atoms with E-state index >= 15 is 0 Å². The molecule has 2 heteroatoms. The maximum atomic E-state index is 9.68. The maximum absolute atomic E-state index is 9.68. The summed E-state index contributed by atoms with van der Waals surface area (Å²) < 4.78 is 0. The highest BCUT2D eigenvalue weighted by molar-refractivity contribution is 5.68. The van der Waals surface area contributed by atoms with E-state index in [-0.39, 0.29) is 6.42 Å². The highest BCUT2D eigenvalue weighted by atomic mass is 16.4. The molecule has 1 radical (unpaired) electrons. The molecule has 0 aliphatic rings. The van der Waals surface area contributed by atoms with Crippen molar-refractivity contribution in [2.24, 2.45) is 0 Å². The van der Waals surface area contributed by atoms with Crippen molar-refractivity contribution in [1.82, 2.24) is 0 Å². The van der Waals surface area contributed by atoms with Gasteiger partial charge in [-0.3, -0.25) is 0 Å². The van der Waals surface area contributed by atoms with Crippen molar-refractivity contribution < 1.29 is 9.90 Å². The first-order chi connectivity index (χ1) is 3.77. The van der Waals surface area contributed by atoms with Gasteiger partial charge >= 0.3 is 5.97 Å². The van der Waals surface area contributed by atoms with Gasteiger partial charge in [0.1, 0.15) is 0 Å². The summed E-state index contributed by atoms with van der Waals surface area (Å²) in [7, 11) is 0. The minimum absolute atomic E-state index is 0.0357. The molecule has 0 heterocycles. The van der Waals surface area contributed by atoms with E-state index in [0.717, 1.165) is 0 Å². The number of allylic oxidation sites excluding steroid dienone is 2. The zero-order chi connectivity index (χ0) is 6.41. The molecular weight excluding hydrogens is 104 g/mol. The molecule has 43 valence electrons. The van der Waals surface area contributed by atoms with E-state index in [0.29, 0.717) is 0 Å². The average molecular weight is 111 g/mol. The Kier molecular flexibility index (Phi) is 3.58. The lowest BCUT2D eigenvalue weighted by Gasteiger charge is -1.74. The minimum atomic E-state index is -1.07. The fourth-order valence-corrected chi connectivity index (χ4v) is 0.260. The lowest BCUT2D eigenvalue weighted by molar-refractivity contribution is -0.142. The van der Waals surface area contributed by atoms with Crippen molar-refractivity contribution in [1.29, 1.82) is 0 Å². The molecule has 0 amide bonds. The van der Waals surface area contributed by atoms with Crippen LogP contribution in [0.1, 0.15) is 6.42 Å². The lowest BCUT2D eigenvalue weighted by Crippen LogP contribution is -1.86. The summed E-state index contributed by atoms with van der Waals surface area (Å²) in [6.45, 7) is 3.36. The first-order valence-corrected chi connectivity index (χ1v) is 2.24. The number of hydrogen-bond acceptors (Lipinski definition) is 1. The standard InChI is InChI=1S/C6H7O2/c1-2-3-4-5-6(7)8/h2-4H,1,5H2. The van der Waals surface area contributed by atoms with Gasteiger partial charge < -0.3 is 0 Å². The molecule has 0 bridgehead atoms. The van der Waals surface area contributed by atoms with E-state index in [9.17, 15) is 9.90 Å². The predicted molar refractivity (Wildman–Crippen MR) is 29.6 cm³/mol. The largest absolute Gasteiger partial charge is 0.359 e. The molecule has 0 saturated carbocycles. The van der Waals surface area contributed by atoms with Crippen molar-refractivity contribution in [2.75, 3.05) is 0 Å². The summed E-state index contributed by atoms with van der Waals surface area (Å²) in [6, 6.07) is 0. The van der Waals surface area contributed by atoms with Crippen LogP contribution >= 0.6 is 0 Å².